The molecule has 0 N–H and O–H groups in total. The van der Waals surface area contributed by atoms with Gasteiger partial charge in [0.15, 0.2) is 0 Å². The van der Waals surface area contributed by atoms with Gasteiger partial charge in [0.2, 0.25) is 0 Å². The van der Waals surface area contributed by atoms with Gasteiger partial charge in [0.25, 0.3) is 0 Å². The fourth-order valence-electron chi connectivity index (χ4n) is 5.73. The summed E-state index contributed by atoms with van der Waals surface area (Å²) in [5, 5.41) is 0. The minimum Gasteiger partial charge on any atom is -0.459 e. The second kappa shape index (κ2) is 3.99. The van der Waals surface area contributed by atoms with E-state index in [1.54, 1.807) is 6.92 Å². The summed E-state index contributed by atoms with van der Waals surface area (Å²) < 4.78 is 5.82. The molecule has 6 atom stereocenters. The van der Waals surface area contributed by atoms with Crippen LogP contribution in [0, 0.1) is 35.0 Å². The standard InChI is InChI=1S/C17H28O2/c1-10-6-7-12-14(10)15-13(16(15,3)4)8-9-17(12,5)19-11(2)18/h10,12-15H,6-9H2,1-5H3/t10-,12-,13+,14+,15-,17-/m0/s1. The van der Waals surface area contributed by atoms with E-state index in [1.807, 2.05) is 0 Å². The normalized spacial score (nSPS) is 50.9. The quantitative estimate of drug-likeness (QED) is 0.668. The van der Waals surface area contributed by atoms with E-state index in [2.05, 4.69) is 27.7 Å². The molecule has 0 amide bonds. The number of fused-ring (bicyclic) bond motifs is 3. The van der Waals surface area contributed by atoms with Crippen LogP contribution in [0.4, 0.5) is 0 Å². The maximum atomic E-state index is 11.5. The van der Waals surface area contributed by atoms with Crippen LogP contribution in [0.3, 0.4) is 0 Å². The minimum absolute atomic E-state index is 0.101. The lowest BCUT2D eigenvalue weighted by atomic mass is 9.74. The van der Waals surface area contributed by atoms with Crippen molar-refractivity contribution in [1.29, 1.82) is 0 Å². The third-order valence-electron chi connectivity index (χ3n) is 6.72. The van der Waals surface area contributed by atoms with Crippen molar-refractivity contribution in [2.45, 2.75) is 65.9 Å². The van der Waals surface area contributed by atoms with Crippen LogP contribution in [0.25, 0.3) is 0 Å². The van der Waals surface area contributed by atoms with Crippen molar-refractivity contribution in [3.05, 3.63) is 0 Å². The number of rotatable bonds is 1. The monoisotopic (exact) mass is 264 g/mol. The maximum Gasteiger partial charge on any atom is 0.303 e. The molecule has 3 aliphatic carbocycles. The average molecular weight is 264 g/mol. The molecule has 3 aliphatic rings. The van der Waals surface area contributed by atoms with Crippen LogP contribution in [-0.4, -0.2) is 11.6 Å². The molecule has 0 bridgehead atoms. The van der Waals surface area contributed by atoms with Crippen LogP contribution >= 0.6 is 0 Å². The molecular formula is C17H28O2. The van der Waals surface area contributed by atoms with Gasteiger partial charge in [-0.3, -0.25) is 4.79 Å². The first kappa shape index (κ1) is 13.5. The van der Waals surface area contributed by atoms with Crippen LogP contribution < -0.4 is 0 Å². The summed E-state index contributed by atoms with van der Waals surface area (Å²) >= 11 is 0. The van der Waals surface area contributed by atoms with Gasteiger partial charge in [-0.05, 0) is 55.3 Å². The second-order valence-corrected chi connectivity index (χ2v) is 8.14. The van der Waals surface area contributed by atoms with Crippen molar-refractivity contribution in [1.82, 2.24) is 0 Å². The lowest BCUT2D eigenvalue weighted by molar-refractivity contribution is -0.164. The molecule has 3 saturated carbocycles. The molecule has 3 fully saturated rings. The zero-order valence-electron chi connectivity index (χ0n) is 13.0. The molecule has 2 nitrogen and oxygen atoms in total. The molecule has 19 heavy (non-hydrogen) atoms. The number of carbonyl (C=O) groups is 1. The lowest BCUT2D eigenvalue weighted by Crippen LogP contribution is -2.42. The Morgan fingerprint density at radius 3 is 2.42 bits per heavy atom. The third-order valence-corrected chi connectivity index (χ3v) is 6.72. The number of hydrogen-bond acceptors (Lipinski definition) is 2. The molecule has 0 aromatic rings. The van der Waals surface area contributed by atoms with E-state index in [9.17, 15) is 4.79 Å². The average Bonchev–Trinajstić information content (AvgIpc) is 2.63. The molecule has 0 aromatic carbocycles. The summed E-state index contributed by atoms with van der Waals surface area (Å²) in [7, 11) is 0. The predicted molar refractivity (Wildman–Crippen MR) is 75.5 cm³/mol. The molecule has 0 unspecified atom stereocenters. The van der Waals surface area contributed by atoms with Gasteiger partial charge >= 0.3 is 5.97 Å². The van der Waals surface area contributed by atoms with E-state index >= 15 is 0 Å². The molecule has 0 saturated heterocycles. The van der Waals surface area contributed by atoms with Crippen LogP contribution in [-0.2, 0) is 9.53 Å². The Morgan fingerprint density at radius 1 is 1.11 bits per heavy atom. The summed E-state index contributed by atoms with van der Waals surface area (Å²) in [6, 6.07) is 0. The Labute approximate surface area is 117 Å². The van der Waals surface area contributed by atoms with Gasteiger partial charge in [0.05, 0.1) is 0 Å². The van der Waals surface area contributed by atoms with Gasteiger partial charge in [0, 0.05) is 12.8 Å². The van der Waals surface area contributed by atoms with Crippen molar-refractivity contribution in [3.8, 4) is 0 Å². The van der Waals surface area contributed by atoms with E-state index in [1.165, 1.54) is 19.3 Å². The summed E-state index contributed by atoms with van der Waals surface area (Å²) in [4.78, 5) is 11.5. The van der Waals surface area contributed by atoms with E-state index in [4.69, 9.17) is 4.74 Å². The highest BCUT2D eigenvalue weighted by molar-refractivity contribution is 5.66. The highest BCUT2D eigenvalue weighted by atomic mass is 16.6. The summed E-state index contributed by atoms with van der Waals surface area (Å²) in [5.41, 5.74) is 0.323. The number of hydrogen-bond donors (Lipinski definition) is 0. The second-order valence-electron chi connectivity index (χ2n) is 8.14. The van der Waals surface area contributed by atoms with E-state index in [0.29, 0.717) is 11.3 Å². The SMILES string of the molecule is CC(=O)O[C@@]1(C)CC[C@@H]2[C@@H]([C@@H]3[C@@H](C)CC[C@@H]31)C2(C)C. The topological polar surface area (TPSA) is 26.3 Å². The van der Waals surface area contributed by atoms with Crippen LogP contribution in [0.15, 0.2) is 0 Å². The summed E-state index contributed by atoms with van der Waals surface area (Å²) in [6.45, 7) is 11.1. The van der Waals surface area contributed by atoms with Gasteiger partial charge in [-0.1, -0.05) is 27.2 Å². The molecular weight excluding hydrogens is 236 g/mol. The van der Waals surface area contributed by atoms with Gasteiger partial charge in [0.1, 0.15) is 5.60 Å². The Morgan fingerprint density at radius 2 is 1.79 bits per heavy atom. The Balaban J connectivity index is 1.91. The van der Waals surface area contributed by atoms with E-state index < -0.39 is 0 Å². The molecule has 0 aromatic heterocycles. The molecule has 3 rings (SSSR count). The Kier molecular flexibility index (Phi) is 2.82. The fourth-order valence-corrected chi connectivity index (χ4v) is 5.73. The minimum atomic E-state index is -0.204. The van der Waals surface area contributed by atoms with Gasteiger partial charge in [-0.15, -0.1) is 0 Å². The van der Waals surface area contributed by atoms with Gasteiger partial charge in [-0.2, -0.15) is 0 Å². The Bertz CT molecular complexity index is 400. The van der Waals surface area contributed by atoms with Crippen molar-refractivity contribution >= 4 is 5.97 Å². The molecule has 108 valence electrons. The zero-order chi connectivity index (χ0) is 14.0. The molecule has 0 heterocycles. The number of ether oxygens (including phenoxy) is 1. The number of carbonyl (C=O) groups excluding carboxylic acids is 1. The molecule has 0 spiro atoms. The van der Waals surface area contributed by atoms with Gasteiger partial charge in [-0.25, -0.2) is 0 Å². The van der Waals surface area contributed by atoms with Crippen molar-refractivity contribution in [2.24, 2.45) is 35.0 Å². The van der Waals surface area contributed by atoms with Crippen LogP contribution in [0.1, 0.15) is 60.3 Å². The molecule has 0 aliphatic heterocycles. The molecule has 0 radical (unpaired) electrons. The van der Waals surface area contributed by atoms with Crippen LogP contribution in [0.5, 0.6) is 0 Å². The summed E-state index contributed by atoms with van der Waals surface area (Å²) in [6.07, 6.45) is 4.85. The lowest BCUT2D eigenvalue weighted by Gasteiger charge is -2.39. The van der Waals surface area contributed by atoms with E-state index in [0.717, 1.165) is 30.1 Å². The third kappa shape index (κ3) is 1.86. The van der Waals surface area contributed by atoms with Gasteiger partial charge < -0.3 is 4.74 Å². The maximum absolute atomic E-state index is 11.5. The summed E-state index contributed by atoms with van der Waals surface area (Å²) in [5.74, 6) is 3.78. The fraction of sp³-hybridized carbons (Fsp3) is 0.941. The Hall–Kier alpha value is -0.530. The highest BCUT2D eigenvalue weighted by Gasteiger charge is 2.67. The highest BCUT2D eigenvalue weighted by Crippen LogP contribution is 2.71. The largest absolute Gasteiger partial charge is 0.459 e. The smallest absolute Gasteiger partial charge is 0.303 e. The van der Waals surface area contributed by atoms with E-state index in [-0.39, 0.29) is 11.6 Å². The van der Waals surface area contributed by atoms with Crippen molar-refractivity contribution < 1.29 is 9.53 Å². The molecule has 2 heteroatoms. The first-order valence-electron chi connectivity index (χ1n) is 7.97. The van der Waals surface area contributed by atoms with Crippen molar-refractivity contribution in [2.75, 3.05) is 0 Å². The zero-order valence-corrected chi connectivity index (χ0v) is 13.0. The first-order chi connectivity index (χ1) is 8.77. The van der Waals surface area contributed by atoms with Crippen LogP contribution in [0.2, 0.25) is 0 Å². The van der Waals surface area contributed by atoms with Crippen molar-refractivity contribution in [3.63, 3.8) is 0 Å². The number of esters is 1. The predicted octanol–water partition coefficient (Wildman–Crippen LogP) is 4.04. The first-order valence-corrected chi connectivity index (χ1v) is 7.97.